The molecule has 0 aromatic heterocycles. The highest BCUT2D eigenvalue weighted by molar-refractivity contribution is 6.42. The summed E-state index contributed by atoms with van der Waals surface area (Å²) in [5, 5.41) is 7.09. The molecule has 104 valence electrons. The van der Waals surface area contributed by atoms with Crippen molar-refractivity contribution in [1.82, 2.24) is 0 Å². The Morgan fingerprint density at radius 1 is 1.05 bits per heavy atom. The summed E-state index contributed by atoms with van der Waals surface area (Å²) < 4.78 is 0. The van der Waals surface area contributed by atoms with E-state index in [4.69, 9.17) is 23.2 Å². The Hall–Kier alpha value is -1.71. The lowest BCUT2D eigenvalue weighted by Crippen LogP contribution is -2.06. The highest BCUT2D eigenvalue weighted by Gasteiger charge is 2.01. The van der Waals surface area contributed by atoms with E-state index in [1.165, 1.54) is 6.92 Å². The first-order valence-electron chi connectivity index (χ1n) is 6.10. The molecule has 0 aliphatic carbocycles. The molecule has 0 aliphatic heterocycles. The molecule has 0 atom stereocenters. The smallest absolute Gasteiger partial charge is 0.221 e. The molecule has 0 fully saturated rings. The minimum Gasteiger partial charge on any atom is -0.381 e. The monoisotopic (exact) mass is 308 g/mol. The number of carbonyl (C=O) groups is 1. The van der Waals surface area contributed by atoms with Crippen molar-refractivity contribution >= 4 is 40.5 Å². The molecule has 1 amide bonds. The molecule has 0 saturated carbocycles. The van der Waals surface area contributed by atoms with Crippen LogP contribution < -0.4 is 10.6 Å². The average molecular weight is 309 g/mol. The molecule has 2 rings (SSSR count). The molecule has 0 aliphatic rings. The predicted molar refractivity (Wildman–Crippen MR) is 84.5 cm³/mol. The van der Waals surface area contributed by atoms with Gasteiger partial charge in [-0.05, 0) is 35.9 Å². The van der Waals surface area contributed by atoms with E-state index in [0.717, 1.165) is 16.9 Å². The topological polar surface area (TPSA) is 41.1 Å². The fourth-order valence-corrected chi connectivity index (χ4v) is 2.08. The third-order valence-corrected chi connectivity index (χ3v) is 3.40. The van der Waals surface area contributed by atoms with Crippen molar-refractivity contribution in [1.29, 1.82) is 0 Å². The van der Waals surface area contributed by atoms with Crippen LogP contribution in [0.1, 0.15) is 12.5 Å². The summed E-state index contributed by atoms with van der Waals surface area (Å²) in [6.07, 6.45) is 0. The van der Waals surface area contributed by atoms with Crippen molar-refractivity contribution in [3.63, 3.8) is 0 Å². The van der Waals surface area contributed by atoms with E-state index < -0.39 is 0 Å². The quantitative estimate of drug-likeness (QED) is 0.869. The van der Waals surface area contributed by atoms with Gasteiger partial charge in [-0.2, -0.15) is 0 Å². The minimum absolute atomic E-state index is 0.0911. The van der Waals surface area contributed by atoms with Crippen LogP contribution in [0.5, 0.6) is 0 Å². The molecule has 2 aromatic rings. The van der Waals surface area contributed by atoms with Gasteiger partial charge in [0.1, 0.15) is 0 Å². The minimum atomic E-state index is -0.0911. The van der Waals surface area contributed by atoms with Crippen LogP contribution in [0, 0.1) is 0 Å². The SMILES string of the molecule is CC(=O)Nc1cccc(NCc2ccc(Cl)c(Cl)c2)c1. The van der Waals surface area contributed by atoms with Gasteiger partial charge in [0.05, 0.1) is 10.0 Å². The van der Waals surface area contributed by atoms with Crippen molar-refractivity contribution in [2.45, 2.75) is 13.5 Å². The van der Waals surface area contributed by atoms with Gasteiger partial charge in [0.2, 0.25) is 5.91 Å². The van der Waals surface area contributed by atoms with Gasteiger partial charge < -0.3 is 10.6 Å². The number of benzene rings is 2. The van der Waals surface area contributed by atoms with Gasteiger partial charge in [0.25, 0.3) is 0 Å². The lowest BCUT2D eigenvalue weighted by atomic mass is 10.2. The second-order valence-corrected chi connectivity index (χ2v) is 5.18. The van der Waals surface area contributed by atoms with E-state index >= 15 is 0 Å². The van der Waals surface area contributed by atoms with Crippen LogP contribution in [-0.2, 0) is 11.3 Å². The summed E-state index contributed by atoms with van der Waals surface area (Å²) in [6, 6.07) is 13.0. The van der Waals surface area contributed by atoms with Gasteiger partial charge in [-0.3, -0.25) is 4.79 Å². The zero-order chi connectivity index (χ0) is 14.5. The summed E-state index contributed by atoms with van der Waals surface area (Å²) in [4.78, 5) is 11.0. The molecule has 5 heteroatoms. The van der Waals surface area contributed by atoms with Crippen molar-refractivity contribution in [3.8, 4) is 0 Å². The number of rotatable bonds is 4. The molecule has 0 bridgehead atoms. The lowest BCUT2D eigenvalue weighted by molar-refractivity contribution is -0.114. The van der Waals surface area contributed by atoms with E-state index in [0.29, 0.717) is 16.6 Å². The number of halogens is 2. The molecule has 0 radical (unpaired) electrons. The van der Waals surface area contributed by atoms with Crippen LogP contribution >= 0.6 is 23.2 Å². The van der Waals surface area contributed by atoms with Crippen LogP contribution in [-0.4, -0.2) is 5.91 Å². The second kappa shape index (κ2) is 6.64. The molecule has 2 aromatic carbocycles. The van der Waals surface area contributed by atoms with Crippen LogP contribution in [0.4, 0.5) is 11.4 Å². The number of amides is 1. The molecule has 0 heterocycles. The third kappa shape index (κ3) is 4.15. The van der Waals surface area contributed by atoms with E-state index in [-0.39, 0.29) is 5.91 Å². The Balaban J connectivity index is 2.03. The van der Waals surface area contributed by atoms with Crippen LogP contribution in [0.2, 0.25) is 10.0 Å². The molecule has 0 unspecified atom stereocenters. The molecular weight excluding hydrogens is 295 g/mol. The number of anilines is 2. The maximum absolute atomic E-state index is 11.0. The summed E-state index contributed by atoms with van der Waals surface area (Å²) in [7, 11) is 0. The van der Waals surface area contributed by atoms with E-state index in [1.807, 2.05) is 36.4 Å². The zero-order valence-electron chi connectivity index (χ0n) is 10.9. The first-order chi connectivity index (χ1) is 9.54. The molecular formula is C15H14Cl2N2O. The standard InChI is InChI=1S/C15H14Cl2N2O/c1-10(20)19-13-4-2-3-12(8-13)18-9-11-5-6-14(16)15(17)7-11/h2-8,18H,9H2,1H3,(H,19,20). The fourth-order valence-electron chi connectivity index (χ4n) is 1.76. The summed E-state index contributed by atoms with van der Waals surface area (Å²) in [5.41, 5.74) is 2.71. The number of carbonyl (C=O) groups excluding carboxylic acids is 1. The molecule has 3 nitrogen and oxygen atoms in total. The number of hydrogen-bond acceptors (Lipinski definition) is 2. The third-order valence-electron chi connectivity index (χ3n) is 2.66. The van der Waals surface area contributed by atoms with Crippen molar-refractivity contribution < 1.29 is 4.79 Å². The summed E-state index contributed by atoms with van der Waals surface area (Å²) in [5.74, 6) is -0.0911. The Morgan fingerprint density at radius 2 is 1.80 bits per heavy atom. The average Bonchev–Trinajstić information content (AvgIpc) is 2.40. The van der Waals surface area contributed by atoms with Crippen LogP contribution in [0.15, 0.2) is 42.5 Å². The first-order valence-corrected chi connectivity index (χ1v) is 6.85. The van der Waals surface area contributed by atoms with E-state index in [1.54, 1.807) is 6.07 Å². The fraction of sp³-hybridized carbons (Fsp3) is 0.133. The Labute approximate surface area is 127 Å². The Kier molecular flexibility index (Phi) is 4.88. The number of nitrogens with one attached hydrogen (secondary N) is 2. The van der Waals surface area contributed by atoms with E-state index in [9.17, 15) is 4.79 Å². The highest BCUT2D eigenvalue weighted by Crippen LogP contribution is 2.23. The highest BCUT2D eigenvalue weighted by atomic mass is 35.5. The first kappa shape index (κ1) is 14.7. The van der Waals surface area contributed by atoms with Crippen molar-refractivity contribution in [2.75, 3.05) is 10.6 Å². The van der Waals surface area contributed by atoms with Gasteiger partial charge in [-0.15, -0.1) is 0 Å². The molecule has 0 saturated heterocycles. The van der Waals surface area contributed by atoms with Crippen LogP contribution in [0.3, 0.4) is 0 Å². The number of hydrogen-bond donors (Lipinski definition) is 2. The molecule has 20 heavy (non-hydrogen) atoms. The van der Waals surface area contributed by atoms with Crippen molar-refractivity contribution in [3.05, 3.63) is 58.1 Å². The molecule has 0 spiro atoms. The summed E-state index contributed by atoms with van der Waals surface area (Å²) in [6.45, 7) is 2.11. The summed E-state index contributed by atoms with van der Waals surface area (Å²) >= 11 is 11.8. The van der Waals surface area contributed by atoms with Gasteiger partial charge in [0, 0.05) is 24.8 Å². The Morgan fingerprint density at radius 3 is 2.50 bits per heavy atom. The zero-order valence-corrected chi connectivity index (χ0v) is 12.4. The second-order valence-electron chi connectivity index (χ2n) is 4.36. The van der Waals surface area contributed by atoms with Gasteiger partial charge in [0.15, 0.2) is 0 Å². The van der Waals surface area contributed by atoms with Gasteiger partial charge in [-0.25, -0.2) is 0 Å². The largest absolute Gasteiger partial charge is 0.381 e. The maximum atomic E-state index is 11.0. The lowest BCUT2D eigenvalue weighted by Gasteiger charge is -2.09. The van der Waals surface area contributed by atoms with Gasteiger partial charge in [-0.1, -0.05) is 35.3 Å². The van der Waals surface area contributed by atoms with Crippen molar-refractivity contribution in [2.24, 2.45) is 0 Å². The predicted octanol–water partition coefficient (Wildman–Crippen LogP) is 4.56. The Bertz CT molecular complexity index is 629. The van der Waals surface area contributed by atoms with Crippen LogP contribution in [0.25, 0.3) is 0 Å². The normalized spacial score (nSPS) is 10.2. The maximum Gasteiger partial charge on any atom is 0.221 e. The van der Waals surface area contributed by atoms with E-state index in [2.05, 4.69) is 10.6 Å². The molecule has 2 N–H and O–H groups in total. The van der Waals surface area contributed by atoms with Gasteiger partial charge >= 0.3 is 0 Å².